The quantitative estimate of drug-likeness (QED) is 0.907. The van der Waals surface area contributed by atoms with E-state index in [1.165, 1.54) is 5.56 Å². The molecule has 0 spiro atoms. The molecule has 2 aromatic rings. The van der Waals surface area contributed by atoms with E-state index in [1.807, 2.05) is 24.3 Å². The summed E-state index contributed by atoms with van der Waals surface area (Å²) in [5.41, 5.74) is 9.72. The molecule has 0 amide bonds. The summed E-state index contributed by atoms with van der Waals surface area (Å²) in [5, 5.41) is 0. The lowest BCUT2D eigenvalue weighted by Gasteiger charge is -2.31. The van der Waals surface area contributed by atoms with Crippen LogP contribution in [0.2, 0.25) is 0 Å². The summed E-state index contributed by atoms with van der Waals surface area (Å²) in [4.78, 5) is 0. The lowest BCUT2D eigenvalue weighted by molar-refractivity contribution is 0.161. The van der Waals surface area contributed by atoms with Crippen LogP contribution < -0.4 is 15.2 Å². The number of fused-ring (bicyclic) bond motifs is 1. The van der Waals surface area contributed by atoms with Crippen molar-refractivity contribution >= 4 is 0 Å². The lowest BCUT2D eigenvalue weighted by atomic mass is 9.92. The Morgan fingerprint density at radius 2 is 2.05 bits per heavy atom. The summed E-state index contributed by atoms with van der Waals surface area (Å²) in [5.74, 6) is 1.73. The average molecular weight is 269 g/mol. The molecule has 3 nitrogen and oxygen atoms in total. The molecule has 0 saturated heterocycles. The lowest BCUT2D eigenvalue weighted by Crippen LogP contribution is -2.24. The zero-order valence-corrected chi connectivity index (χ0v) is 11.8. The molecule has 1 heterocycles. The van der Waals surface area contributed by atoms with E-state index in [1.54, 1.807) is 7.11 Å². The predicted octanol–water partition coefficient (Wildman–Crippen LogP) is 3.53. The number of nitrogens with two attached hydrogens (primary N) is 1. The highest BCUT2D eigenvalue weighted by atomic mass is 16.5. The monoisotopic (exact) mass is 269 g/mol. The van der Waals surface area contributed by atoms with Crippen LogP contribution in [0.1, 0.15) is 35.3 Å². The highest BCUT2D eigenvalue weighted by molar-refractivity contribution is 5.42. The zero-order chi connectivity index (χ0) is 14.1. The third-order valence-electron chi connectivity index (χ3n) is 3.77. The smallest absolute Gasteiger partial charge is 0.126 e. The second kappa shape index (κ2) is 5.17. The topological polar surface area (TPSA) is 44.5 Å². The fourth-order valence-corrected chi connectivity index (χ4v) is 2.67. The van der Waals surface area contributed by atoms with Crippen LogP contribution in [-0.2, 0) is 0 Å². The van der Waals surface area contributed by atoms with Crippen molar-refractivity contribution in [3.8, 4) is 11.5 Å². The summed E-state index contributed by atoms with van der Waals surface area (Å²) in [6, 6.07) is 14.2. The third kappa shape index (κ3) is 2.37. The zero-order valence-electron chi connectivity index (χ0n) is 11.8. The summed E-state index contributed by atoms with van der Waals surface area (Å²) >= 11 is 0. The Morgan fingerprint density at radius 1 is 1.20 bits per heavy atom. The van der Waals surface area contributed by atoms with Crippen LogP contribution in [-0.4, -0.2) is 7.11 Å². The number of hydrogen-bond donors (Lipinski definition) is 1. The van der Waals surface area contributed by atoms with Crippen LogP contribution in [0.25, 0.3) is 0 Å². The number of aryl methyl sites for hydroxylation is 1. The van der Waals surface area contributed by atoms with Crippen molar-refractivity contribution in [2.75, 3.05) is 7.11 Å². The van der Waals surface area contributed by atoms with Crippen molar-refractivity contribution in [2.24, 2.45) is 5.73 Å². The molecular formula is C17H19NO2. The summed E-state index contributed by atoms with van der Waals surface area (Å²) < 4.78 is 11.4. The molecule has 0 aromatic heterocycles. The molecule has 3 heteroatoms. The molecule has 20 heavy (non-hydrogen) atoms. The van der Waals surface area contributed by atoms with Gasteiger partial charge in [-0.25, -0.2) is 0 Å². The molecular weight excluding hydrogens is 250 g/mol. The Balaban J connectivity index is 1.92. The van der Waals surface area contributed by atoms with Crippen molar-refractivity contribution in [3.05, 3.63) is 59.2 Å². The van der Waals surface area contributed by atoms with E-state index in [9.17, 15) is 0 Å². The number of hydrogen-bond acceptors (Lipinski definition) is 3. The maximum atomic E-state index is 6.30. The van der Waals surface area contributed by atoms with E-state index >= 15 is 0 Å². The number of benzene rings is 2. The minimum atomic E-state index is -0.0182. The van der Waals surface area contributed by atoms with Crippen LogP contribution in [0.4, 0.5) is 0 Å². The summed E-state index contributed by atoms with van der Waals surface area (Å²) in [7, 11) is 1.67. The van der Waals surface area contributed by atoms with Gasteiger partial charge in [0.05, 0.1) is 7.11 Å². The van der Waals surface area contributed by atoms with Gasteiger partial charge in [-0.1, -0.05) is 29.8 Å². The highest BCUT2D eigenvalue weighted by Gasteiger charge is 2.27. The minimum absolute atomic E-state index is 0.00912. The van der Waals surface area contributed by atoms with Crippen LogP contribution in [0.15, 0.2) is 42.5 Å². The fraction of sp³-hybridized carbons (Fsp3) is 0.294. The molecule has 0 fully saturated rings. The van der Waals surface area contributed by atoms with Crippen molar-refractivity contribution < 1.29 is 9.47 Å². The van der Waals surface area contributed by atoms with Crippen molar-refractivity contribution in [1.82, 2.24) is 0 Å². The predicted molar refractivity (Wildman–Crippen MR) is 79.1 cm³/mol. The van der Waals surface area contributed by atoms with Crippen molar-refractivity contribution in [2.45, 2.75) is 25.5 Å². The minimum Gasteiger partial charge on any atom is -0.497 e. The maximum absolute atomic E-state index is 6.30. The highest BCUT2D eigenvalue weighted by Crippen LogP contribution is 2.40. The van der Waals surface area contributed by atoms with Crippen LogP contribution in [0.5, 0.6) is 11.5 Å². The number of rotatable bonds is 2. The van der Waals surface area contributed by atoms with E-state index in [4.69, 9.17) is 15.2 Å². The standard InChI is InChI=1S/C17H19NO2/c1-11-6-7-16-14(8-11)15(18)10-17(20-16)12-4-3-5-13(9-12)19-2/h3-9,15,17H,10,18H2,1-2H3/t15-,17?/m1/s1. The SMILES string of the molecule is COc1cccc(C2C[C@@H](N)c3cc(C)ccc3O2)c1. The third-order valence-corrected chi connectivity index (χ3v) is 3.77. The van der Waals surface area contributed by atoms with Gasteiger partial charge >= 0.3 is 0 Å². The number of ether oxygens (including phenoxy) is 2. The van der Waals surface area contributed by atoms with E-state index in [0.29, 0.717) is 0 Å². The van der Waals surface area contributed by atoms with Gasteiger partial charge in [-0.05, 0) is 30.7 Å². The Kier molecular flexibility index (Phi) is 3.36. The van der Waals surface area contributed by atoms with Gasteiger partial charge in [0.2, 0.25) is 0 Å². The van der Waals surface area contributed by atoms with Crippen molar-refractivity contribution in [1.29, 1.82) is 0 Å². The van der Waals surface area contributed by atoms with Crippen LogP contribution >= 0.6 is 0 Å². The summed E-state index contributed by atoms with van der Waals surface area (Å²) in [6.45, 7) is 2.07. The molecule has 2 aromatic carbocycles. The molecule has 0 saturated carbocycles. The van der Waals surface area contributed by atoms with Gasteiger partial charge in [0.25, 0.3) is 0 Å². The van der Waals surface area contributed by atoms with Crippen LogP contribution in [0, 0.1) is 6.92 Å². The largest absolute Gasteiger partial charge is 0.497 e. The summed E-state index contributed by atoms with van der Waals surface area (Å²) in [6.07, 6.45) is 0.763. The van der Waals surface area contributed by atoms with E-state index in [2.05, 4.69) is 25.1 Å². The Hall–Kier alpha value is -2.00. The molecule has 0 radical (unpaired) electrons. The molecule has 1 aliphatic rings. The molecule has 0 aliphatic carbocycles. The molecule has 1 aliphatic heterocycles. The van der Waals surface area contributed by atoms with Crippen molar-refractivity contribution in [3.63, 3.8) is 0 Å². The first-order valence-electron chi connectivity index (χ1n) is 6.84. The Bertz CT molecular complexity index is 624. The second-order valence-corrected chi connectivity index (χ2v) is 5.27. The first-order chi connectivity index (χ1) is 9.67. The van der Waals surface area contributed by atoms with Gasteiger partial charge in [-0.3, -0.25) is 0 Å². The average Bonchev–Trinajstić information content (AvgIpc) is 2.48. The molecule has 2 N–H and O–H groups in total. The van der Waals surface area contributed by atoms with Crippen LogP contribution in [0.3, 0.4) is 0 Å². The first-order valence-corrected chi connectivity index (χ1v) is 6.84. The Morgan fingerprint density at radius 3 is 2.85 bits per heavy atom. The second-order valence-electron chi connectivity index (χ2n) is 5.27. The Labute approximate surface area is 119 Å². The van der Waals surface area contributed by atoms with Gasteiger partial charge in [-0.2, -0.15) is 0 Å². The van der Waals surface area contributed by atoms with E-state index in [-0.39, 0.29) is 12.1 Å². The van der Waals surface area contributed by atoms with Gasteiger partial charge in [0, 0.05) is 18.0 Å². The van der Waals surface area contributed by atoms with Gasteiger partial charge in [-0.15, -0.1) is 0 Å². The van der Waals surface area contributed by atoms with Gasteiger partial charge < -0.3 is 15.2 Å². The fourth-order valence-electron chi connectivity index (χ4n) is 2.67. The number of methoxy groups -OCH3 is 1. The molecule has 104 valence electrons. The maximum Gasteiger partial charge on any atom is 0.126 e. The normalized spacial score (nSPS) is 20.9. The molecule has 0 bridgehead atoms. The van der Waals surface area contributed by atoms with E-state index < -0.39 is 0 Å². The molecule has 3 rings (SSSR count). The molecule has 1 unspecified atom stereocenters. The first kappa shape index (κ1) is 13.0. The van der Waals surface area contributed by atoms with E-state index in [0.717, 1.165) is 29.0 Å². The van der Waals surface area contributed by atoms with Gasteiger partial charge in [0.15, 0.2) is 0 Å². The molecule has 2 atom stereocenters. The van der Waals surface area contributed by atoms with Gasteiger partial charge in [0.1, 0.15) is 17.6 Å².